The number of ether oxygens (including phenoxy) is 2. The van der Waals surface area contributed by atoms with E-state index in [2.05, 4.69) is 11.3 Å². The van der Waals surface area contributed by atoms with Gasteiger partial charge in [-0.1, -0.05) is 6.08 Å². The van der Waals surface area contributed by atoms with Gasteiger partial charge >= 0.3 is 11.9 Å². The highest BCUT2D eigenvalue weighted by Crippen LogP contribution is 2.02. The molecule has 0 aromatic rings. The zero-order valence-corrected chi connectivity index (χ0v) is 8.36. The van der Waals surface area contributed by atoms with Crippen LogP contribution in [0.15, 0.2) is 24.8 Å². The summed E-state index contributed by atoms with van der Waals surface area (Å²) in [4.78, 5) is 21.4. The topological polar surface area (TPSA) is 52.6 Å². The molecule has 0 fully saturated rings. The second kappa shape index (κ2) is 6.88. The van der Waals surface area contributed by atoms with E-state index in [1.165, 1.54) is 26.2 Å². The van der Waals surface area contributed by atoms with Gasteiger partial charge in [-0.15, -0.1) is 6.58 Å². The Bertz CT molecular complexity index is 243. The number of hydrogen-bond donors (Lipinski definition) is 0. The molecule has 4 nitrogen and oxygen atoms in total. The van der Waals surface area contributed by atoms with E-state index >= 15 is 0 Å². The molecular formula is C10H14O4. The van der Waals surface area contributed by atoms with Crippen LogP contribution in [0.1, 0.15) is 13.3 Å². The molecule has 0 spiro atoms. The molecule has 0 rings (SSSR count). The molecule has 0 radical (unpaired) electrons. The van der Waals surface area contributed by atoms with Crippen LogP contribution in [0.25, 0.3) is 0 Å². The van der Waals surface area contributed by atoms with Crippen LogP contribution in [0.3, 0.4) is 0 Å². The van der Waals surface area contributed by atoms with Crippen LogP contribution in [0, 0.1) is 0 Å². The van der Waals surface area contributed by atoms with Crippen molar-refractivity contribution in [3.8, 4) is 0 Å². The molecule has 0 aliphatic rings. The van der Waals surface area contributed by atoms with Gasteiger partial charge in [-0.25, -0.2) is 4.79 Å². The minimum Gasteiger partial charge on any atom is -0.466 e. The first-order valence-corrected chi connectivity index (χ1v) is 4.14. The Morgan fingerprint density at radius 3 is 2.57 bits per heavy atom. The molecule has 0 aromatic carbocycles. The van der Waals surface area contributed by atoms with Gasteiger partial charge in [0, 0.05) is 19.4 Å². The van der Waals surface area contributed by atoms with E-state index in [9.17, 15) is 9.59 Å². The van der Waals surface area contributed by atoms with Gasteiger partial charge in [0.05, 0.1) is 7.11 Å². The Labute approximate surface area is 83.2 Å². The molecule has 0 saturated heterocycles. The fourth-order valence-corrected chi connectivity index (χ4v) is 0.797. The second-order valence-corrected chi connectivity index (χ2v) is 2.55. The molecule has 4 heteroatoms. The van der Waals surface area contributed by atoms with Gasteiger partial charge in [0.2, 0.25) is 0 Å². The van der Waals surface area contributed by atoms with Crippen LogP contribution >= 0.6 is 0 Å². The van der Waals surface area contributed by atoms with Gasteiger partial charge in [0.25, 0.3) is 0 Å². The SMILES string of the molecule is C=CC[C@@H](/C=C/C(=O)OC)OC(C)=O. The smallest absolute Gasteiger partial charge is 0.330 e. The number of hydrogen-bond acceptors (Lipinski definition) is 4. The Morgan fingerprint density at radius 1 is 1.50 bits per heavy atom. The van der Waals surface area contributed by atoms with Crippen molar-refractivity contribution in [2.75, 3.05) is 7.11 Å². The third-order valence-corrected chi connectivity index (χ3v) is 1.36. The van der Waals surface area contributed by atoms with Gasteiger partial charge in [-0.2, -0.15) is 0 Å². The maximum absolute atomic E-state index is 10.7. The van der Waals surface area contributed by atoms with Crippen molar-refractivity contribution in [1.82, 2.24) is 0 Å². The molecule has 0 aromatic heterocycles. The van der Waals surface area contributed by atoms with Crippen molar-refractivity contribution in [3.05, 3.63) is 24.8 Å². The largest absolute Gasteiger partial charge is 0.466 e. The molecule has 14 heavy (non-hydrogen) atoms. The van der Waals surface area contributed by atoms with Crippen LogP contribution in [-0.2, 0) is 19.1 Å². The lowest BCUT2D eigenvalue weighted by Gasteiger charge is -2.09. The normalized spacial score (nSPS) is 12.1. The van der Waals surface area contributed by atoms with Crippen LogP contribution in [-0.4, -0.2) is 25.2 Å². The molecule has 0 unspecified atom stereocenters. The quantitative estimate of drug-likeness (QED) is 0.378. The van der Waals surface area contributed by atoms with Crippen LogP contribution < -0.4 is 0 Å². The highest BCUT2D eigenvalue weighted by Gasteiger charge is 2.06. The minimum absolute atomic E-state index is 0.397. The predicted molar refractivity (Wildman–Crippen MR) is 51.5 cm³/mol. The first-order valence-electron chi connectivity index (χ1n) is 4.14. The predicted octanol–water partition coefficient (Wildman–Crippen LogP) is 1.22. The molecule has 0 aliphatic heterocycles. The maximum Gasteiger partial charge on any atom is 0.330 e. The first kappa shape index (κ1) is 12.4. The number of rotatable bonds is 5. The summed E-state index contributed by atoms with van der Waals surface area (Å²) in [7, 11) is 1.28. The highest BCUT2D eigenvalue weighted by atomic mass is 16.5. The lowest BCUT2D eigenvalue weighted by atomic mass is 10.2. The average molecular weight is 198 g/mol. The Hall–Kier alpha value is -1.58. The molecule has 0 heterocycles. The summed E-state index contributed by atoms with van der Waals surface area (Å²) in [5.74, 6) is -0.877. The zero-order chi connectivity index (χ0) is 11.0. The fraction of sp³-hybridized carbons (Fsp3) is 0.400. The van der Waals surface area contributed by atoms with Gasteiger partial charge < -0.3 is 9.47 Å². The summed E-state index contributed by atoms with van der Waals surface area (Å²) < 4.78 is 9.27. The second-order valence-electron chi connectivity index (χ2n) is 2.55. The fourth-order valence-electron chi connectivity index (χ4n) is 0.797. The lowest BCUT2D eigenvalue weighted by molar-refractivity contribution is -0.144. The summed E-state index contributed by atoms with van der Waals surface area (Å²) in [6.07, 6.45) is 4.30. The van der Waals surface area contributed by atoms with E-state index in [-0.39, 0.29) is 0 Å². The van der Waals surface area contributed by atoms with E-state index in [0.717, 1.165) is 0 Å². The van der Waals surface area contributed by atoms with E-state index in [1.54, 1.807) is 6.08 Å². The Morgan fingerprint density at radius 2 is 2.14 bits per heavy atom. The van der Waals surface area contributed by atoms with Crippen LogP contribution in [0.4, 0.5) is 0 Å². The monoisotopic (exact) mass is 198 g/mol. The molecular weight excluding hydrogens is 184 g/mol. The van der Waals surface area contributed by atoms with Crippen molar-refractivity contribution >= 4 is 11.9 Å². The van der Waals surface area contributed by atoms with E-state index < -0.39 is 18.0 Å². The molecule has 0 aliphatic carbocycles. The summed E-state index contributed by atoms with van der Waals surface area (Å²) in [6.45, 7) is 4.82. The molecule has 0 N–H and O–H groups in total. The number of carbonyl (C=O) groups is 2. The molecule has 1 atom stereocenters. The average Bonchev–Trinajstić information content (AvgIpc) is 2.13. The van der Waals surface area contributed by atoms with Crippen LogP contribution in [0.2, 0.25) is 0 Å². The number of methoxy groups -OCH3 is 1. The van der Waals surface area contributed by atoms with Gasteiger partial charge in [-0.05, 0) is 6.08 Å². The molecule has 0 saturated carbocycles. The van der Waals surface area contributed by atoms with Crippen molar-refractivity contribution in [1.29, 1.82) is 0 Å². The van der Waals surface area contributed by atoms with Crippen molar-refractivity contribution in [2.45, 2.75) is 19.4 Å². The van der Waals surface area contributed by atoms with Gasteiger partial charge in [0.1, 0.15) is 6.10 Å². The van der Waals surface area contributed by atoms with E-state index in [4.69, 9.17) is 4.74 Å². The minimum atomic E-state index is -0.480. The third kappa shape index (κ3) is 5.99. The van der Waals surface area contributed by atoms with E-state index in [1.807, 2.05) is 0 Å². The van der Waals surface area contributed by atoms with Gasteiger partial charge in [-0.3, -0.25) is 4.79 Å². The Kier molecular flexibility index (Phi) is 6.11. The number of carbonyl (C=O) groups excluding carboxylic acids is 2. The lowest BCUT2D eigenvalue weighted by Crippen LogP contribution is -2.13. The summed E-state index contributed by atoms with van der Waals surface area (Å²) in [6, 6.07) is 0. The molecule has 78 valence electrons. The highest BCUT2D eigenvalue weighted by molar-refractivity contribution is 5.81. The van der Waals surface area contributed by atoms with Gasteiger partial charge in [0.15, 0.2) is 0 Å². The van der Waals surface area contributed by atoms with E-state index in [0.29, 0.717) is 6.42 Å². The molecule has 0 bridgehead atoms. The maximum atomic E-state index is 10.7. The Balaban J connectivity index is 4.20. The first-order chi connectivity index (χ1) is 6.60. The van der Waals surface area contributed by atoms with Crippen molar-refractivity contribution in [2.24, 2.45) is 0 Å². The number of esters is 2. The summed E-state index contributed by atoms with van der Waals surface area (Å²) in [5, 5.41) is 0. The van der Waals surface area contributed by atoms with Crippen molar-refractivity contribution in [3.63, 3.8) is 0 Å². The third-order valence-electron chi connectivity index (χ3n) is 1.36. The zero-order valence-electron chi connectivity index (χ0n) is 8.36. The van der Waals surface area contributed by atoms with Crippen molar-refractivity contribution < 1.29 is 19.1 Å². The van der Waals surface area contributed by atoms with Crippen LogP contribution in [0.5, 0.6) is 0 Å². The molecule has 0 amide bonds. The standard InChI is InChI=1S/C10H14O4/c1-4-5-9(14-8(2)11)6-7-10(12)13-3/h4,6-7,9H,1,5H2,2-3H3/b7-6+/t9-/m0/s1. The summed E-state index contributed by atoms with van der Waals surface area (Å²) >= 11 is 0. The summed E-state index contributed by atoms with van der Waals surface area (Å²) in [5.41, 5.74) is 0.